The van der Waals surface area contributed by atoms with Gasteiger partial charge in [-0.25, -0.2) is 0 Å². The fourth-order valence-electron chi connectivity index (χ4n) is 3.59. The molecule has 0 aromatic heterocycles. The van der Waals surface area contributed by atoms with Crippen LogP contribution in [0.1, 0.15) is 64.7 Å². The van der Waals surface area contributed by atoms with E-state index >= 15 is 0 Å². The maximum Gasteiger partial charge on any atom is 0.305 e. The van der Waals surface area contributed by atoms with E-state index in [0.29, 0.717) is 19.4 Å². The minimum atomic E-state index is -3.62. The van der Waals surface area contributed by atoms with Gasteiger partial charge in [0.15, 0.2) is 0 Å². The Labute approximate surface area is 127 Å². The van der Waals surface area contributed by atoms with Crippen molar-refractivity contribution >= 4 is 16.2 Å². The molecule has 6 nitrogen and oxygen atoms in total. The third-order valence-electron chi connectivity index (χ3n) is 4.70. The molecule has 21 heavy (non-hydrogen) atoms. The highest BCUT2D eigenvalue weighted by atomic mass is 32.2. The maximum atomic E-state index is 12.7. The number of hydrogen-bond acceptors (Lipinski definition) is 3. The molecule has 1 aliphatic heterocycles. The zero-order valence-electron chi connectivity index (χ0n) is 12.7. The number of carbonyl (C=O) groups is 1. The van der Waals surface area contributed by atoms with Crippen molar-refractivity contribution in [1.29, 1.82) is 0 Å². The molecule has 1 unspecified atom stereocenters. The van der Waals surface area contributed by atoms with Crippen molar-refractivity contribution in [2.45, 2.75) is 76.3 Å². The van der Waals surface area contributed by atoms with Gasteiger partial charge in [0, 0.05) is 18.1 Å². The molecule has 2 rings (SSSR count). The summed E-state index contributed by atoms with van der Waals surface area (Å²) in [5.41, 5.74) is -0.805. The third kappa shape index (κ3) is 4.17. The van der Waals surface area contributed by atoms with E-state index in [-0.39, 0.29) is 12.5 Å². The zero-order valence-corrected chi connectivity index (χ0v) is 13.5. The number of nitrogens with zero attached hydrogens (tertiary/aromatic N) is 1. The van der Waals surface area contributed by atoms with Gasteiger partial charge in [0.25, 0.3) is 10.2 Å². The highest BCUT2D eigenvalue weighted by Gasteiger charge is 2.41. The summed E-state index contributed by atoms with van der Waals surface area (Å²) in [6, 6.07) is -0.0123. The largest absolute Gasteiger partial charge is 0.481 e. The number of piperidine rings is 1. The van der Waals surface area contributed by atoms with Crippen molar-refractivity contribution in [3.63, 3.8) is 0 Å². The first-order chi connectivity index (χ1) is 9.85. The predicted molar refractivity (Wildman–Crippen MR) is 80.1 cm³/mol. The Morgan fingerprint density at radius 3 is 2.48 bits per heavy atom. The normalized spacial score (nSPS) is 27.4. The molecule has 1 saturated carbocycles. The molecule has 0 radical (unpaired) electrons. The fourth-order valence-corrected chi connectivity index (χ4v) is 5.48. The predicted octanol–water partition coefficient (Wildman–Crippen LogP) is 1.87. The number of carboxylic acid groups (broad SMARTS) is 1. The Hall–Kier alpha value is -0.660. The van der Waals surface area contributed by atoms with E-state index in [9.17, 15) is 13.2 Å². The van der Waals surface area contributed by atoms with Crippen LogP contribution in [0.4, 0.5) is 0 Å². The first-order valence-corrected chi connectivity index (χ1v) is 9.31. The lowest BCUT2D eigenvalue weighted by Gasteiger charge is -2.40. The summed E-state index contributed by atoms with van der Waals surface area (Å²) in [7, 11) is -3.62. The molecule has 2 aliphatic rings. The van der Waals surface area contributed by atoms with Gasteiger partial charge < -0.3 is 5.11 Å². The lowest BCUT2D eigenvalue weighted by Crippen LogP contribution is -2.57. The maximum absolute atomic E-state index is 12.7. The zero-order chi connectivity index (χ0) is 15.5. The number of nitrogens with one attached hydrogen (secondary N) is 1. The fraction of sp³-hybridized carbons (Fsp3) is 0.929. The Morgan fingerprint density at radius 1 is 1.24 bits per heavy atom. The molecular weight excluding hydrogens is 292 g/mol. The van der Waals surface area contributed by atoms with Gasteiger partial charge in [-0.2, -0.15) is 17.4 Å². The number of rotatable bonds is 5. The van der Waals surface area contributed by atoms with Crippen LogP contribution in [0.15, 0.2) is 0 Å². The number of hydrogen-bond donors (Lipinski definition) is 2. The van der Waals surface area contributed by atoms with Gasteiger partial charge in [0.05, 0.1) is 6.42 Å². The third-order valence-corrected chi connectivity index (χ3v) is 6.55. The van der Waals surface area contributed by atoms with Crippen LogP contribution in [0, 0.1) is 0 Å². The van der Waals surface area contributed by atoms with Crippen LogP contribution < -0.4 is 4.72 Å². The van der Waals surface area contributed by atoms with Crippen LogP contribution in [0.25, 0.3) is 0 Å². The van der Waals surface area contributed by atoms with Gasteiger partial charge in [-0.1, -0.05) is 25.7 Å². The highest BCUT2D eigenvalue weighted by molar-refractivity contribution is 7.87. The minimum Gasteiger partial charge on any atom is -0.481 e. The van der Waals surface area contributed by atoms with Crippen LogP contribution in [0.2, 0.25) is 0 Å². The SMILES string of the molecule is CC1CCCCN1S(=O)(=O)NC1(CC(=O)O)CCCCC1. The smallest absolute Gasteiger partial charge is 0.305 e. The molecule has 0 amide bonds. The molecule has 1 heterocycles. The van der Waals surface area contributed by atoms with Crippen molar-refractivity contribution in [2.24, 2.45) is 0 Å². The summed E-state index contributed by atoms with van der Waals surface area (Å²) >= 11 is 0. The Balaban J connectivity index is 2.16. The van der Waals surface area contributed by atoms with E-state index in [1.54, 1.807) is 0 Å². The van der Waals surface area contributed by atoms with E-state index in [2.05, 4.69) is 4.72 Å². The lowest BCUT2D eigenvalue weighted by atomic mass is 9.80. The molecule has 1 saturated heterocycles. The quantitative estimate of drug-likeness (QED) is 0.810. The van der Waals surface area contributed by atoms with Gasteiger partial charge in [-0.05, 0) is 32.6 Å². The molecule has 0 aromatic carbocycles. The number of carboxylic acids is 1. The van der Waals surface area contributed by atoms with Gasteiger partial charge in [-0.15, -0.1) is 0 Å². The summed E-state index contributed by atoms with van der Waals surface area (Å²) in [5, 5.41) is 9.14. The van der Waals surface area contributed by atoms with E-state index in [0.717, 1.165) is 38.5 Å². The Bertz CT molecular complexity index is 471. The average Bonchev–Trinajstić information content (AvgIpc) is 2.38. The molecule has 0 aromatic rings. The molecule has 7 heteroatoms. The topological polar surface area (TPSA) is 86.7 Å². The first-order valence-electron chi connectivity index (χ1n) is 7.87. The minimum absolute atomic E-state index is 0.0123. The molecule has 1 aliphatic carbocycles. The van der Waals surface area contributed by atoms with Crippen LogP contribution in [-0.2, 0) is 15.0 Å². The average molecular weight is 318 g/mol. The second-order valence-electron chi connectivity index (χ2n) is 6.47. The standard InChI is InChI=1S/C14H26N2O4S/c1-12-7-3-6-10-16(12)21(19,20)15-14(11-13(17)18)8-4-2-5-9-14/h12,15H,2-11H2,1H3,(H,17,18). The van der Waals surface area contributed by atoms with Gasteiger partial charge in [0.2, 0.25) is 0 Å². The molecule has 1 atom stereocenters. The van der Waals surface area contributed by atoms with Gasteiger partial charge >= 0.3 is 5.97 Å². The van der Waals surface area contributed by atoms with E-state index in [1.165, 1.54) is 4.31 Å². The highest BCUT2D eigenvalue weighted by Crippen LogP contribution is 2.33. The van der Waals surface area contributed by atoms with Crippen LogP contribution >= 0.6 is 0 Å². The molecule has 0 spiro atoms. The molecule has 2 fully saturated rings. The summed E-state index contributed by atoms with van der Waals surface area (Å²) in [6.45, 7) is 2.45. The van der Waals surface area contributed by atoms with E-state index < -0.39 is 21.7 Å². The second-order valence-corrected chi connectivity index (χ2v) is 8.10. The van der Waals surface area contributed by atoms with E-state index in [4.69, 9.17) is 5.11 Å². The summed E-state index contributed by atoms with van der Waals surface area (Å²) in [4.78, 5) is 11.2. The van der Waals surface area contributed by atoms with Crippen molar-refractivity contribution in [3.05, 3.63) is 0 Å². The van der Waals surface area contributed by atoms with Crippen LogP contribution in [0.3, 0.4) is 0 Å². The van der Waals surface area contributed by atoms with Crippen LogP contribution in [0.5, 0.6) is 0 Å². The van der Waals surface area contributed by atoms with Crippen molar-refractivity contribution < 1.29 is 18.3 Å². The number of aliphatic carboxylic acids is 1. The van der Waals surface area contributed by atoms with Crippen molar-refractivity contribution in [3.8, 4) is 0 Å². The summed E-state index contributed by atoms with van der Waals surface area (Å²) < 4.78 is 29.6. The second kappa shape index (κ2) is 6.62. The van der Waals surface area contributed by atoms with Gasteiger partial charge in [0.1, 0.15) is 0 Å². The molecule has 2 N–H and O–H groups in total. The molecular formula is C14H26N2O4S. The van der Waals surface area contributed by atoms with Crippen molar-refractivity contribution in [2.75, 3.05) is 6.54 Å². The Morgan fingerprint density at radius 2 is 1.90 bits per heavy atom. The monoisotopic (exact) mass is 318 g/mol. The van der Waals surface area contributed by atoms with E-state index in [1.807, 2.05) is 6.92 Å². The molecule has 0 bridgehead atoms. The molecule has 122 valence electrons. The lowest BCUT2D eigenvalue weighted by molar-refractivity contribution is -0.138. The summed E-state index contributed by atoms with van der Waals surface area (Å²) in [5.74, 6) is -0.939. The summed E-state index contributed by atoms with van der Waals surface area (Å²) in [6.07, 6.45) is 6.69. The van der Waals surface area contributed by atoms with Crippen molar-refractivity contribution in [1.82, 2.24) is 9.03 Å². The van der Waals surface area contributed by atoms with Gasteiger partial charge in [-0.3, -0.25) is 4.79 Å². The first kappa shape index (κ1) is 16.7. The Kier molecular flexibility index (Phi) is 5.27. The van der Waals surface area contributed by atoms with Crippen LogP contribution in [-0.4, -0.2) is 41.9 Å².